The lowest BCUT2D eigenvalue weighted by molar-refractivity contribution is 0.00906. The van der Waals surface area contributed by atoms with Gasteiger partial charge in [0.15, 0.2) is 0 Å². The molecule has 1 aliphatic heterocycles. The molecule has 1 rings (SSSR count). The summed E-state index contributed by atoms with van der Waals surface area (Å²) < 4.78 is 20.7. The SMILES string of the molecule is C[C@H](N[S@@](=O)C(C)(C)C)C1(C)CCN(C(=O)OC(C)(C)C)CC1. The molecule has 23 heavy (non-hydrogen) atoms. The van der Waals surface area contributed by atoms with Crippen molar-refractivity contribution in [2.75, 3.05) is 13.1 Å². The van der Waals surface area contributed by atoms with E-state index in [4.69, 9.17) is 4.74 Å². The average Bonchev–Trinajstić information content (AvgIpc) is 2.36. The molecule has 1 saturated heterocycles. The van der Waals surface area contributed by atoms with Gasteiger partial charge in [-0.05, 0) is 66.7 Å². The number of piperidine rings is 1. The maximum atomic E-state index is 12.3. The Balaban J connectivity index is 2.59. The summed E-state index contributed by atoms with van der Waals surface area (Å²) in [7, 11) is -1.08. The van der Waals surface area contributed by atoms with E-state index in [-0.39, 0.29) is 22.3 Å². The molecule has 0 aliphatic carbocycles. The van der Waals surface area contributed by atoms with Crippen molar-refractivity contribution < 1.29 is 13.7 Å². The van der Waals surface area contributed by atoms with E-state index in [0.717, 1.165) is 12.8 Å². The predicted molar refractivity (Wildman–Crippen MR) is 95.6 cm³/mol. The van der Waals surface area contributed by atoms with Crippen LogP contribution in [0, 0.1) is 5.41 Å². The lowest BCUT2D eigenvalue weighted by Crippen LogP contribution is -2.52. The first-order valence-corrected chi connectivity index (χ1v) is 9.55. The Morgan fingerprint density at radius 1 is 1.17 bits per heavy atom. The van der Waals surface area contributed by atoms with Crippen molar-refractivity contribution in [3.05, 3.63) is 0 Å². The fourth-order valence-corrected chi connectivity index (χ4v) is 3.40. The van der Waals surface area contributed by atoms with Crippen molar-refractivity contribution >= 4 is 17.1 Å². The lowest BCUT2D eigenvalue weighted by Gasteiger charge is -2.43. The number of carbonyl (C=O) groups is 1. The van der Waals surface area contributed by atoms with E-state index in [1.807, 2.05) is 41.5 Å². The summed E-state index contributed by atoms with van der Waals surface area (Å²) >= 11 is 0. The Hall–Kier alpha value is -0.620. The van der Waals surface area contributed by atoms with Crippen molar-refractivity contribution in [2.24, 2.45) is 5.41 Å². The standard InChI is InChI=1S/C17H34N2O3S/c1-13(18-23(21)16(5,6)7)17(8)9-11-19(12-10-17)14(20)22-15(2,3)4/h13,18H,9-12H2,1-8H3/t13-,23-/m0/s1. The van der Waals surface area contributed by atoms with Gasteiger partial charge in [-0.2, -0.15) is 0 Å². The molecule has 0 saturated carbocycles. The van der Waals surface area contributed by atoms with Gasteiger partial charge >= 0.3 is 6.09 Å². The lowest BCUT2D eigenvalue weighted by atomic mass is 9.75. The van der Waals surface area contributed by atoms with E-state index in [9.17, 15) is 9.00 Å². The van der Waals surface area contributed by atoms with E-state index < -0.39 is 16.6 Å². The van der Waals surface area contributed by atoms with Crippen LogP contribution in [-0.4, -0.2) is 44.7 Å². The van der Waals surface area contributed by atoms with Gasteiger partial charge in [-0.15, -0.1) is 0 Å². The first-order valence-electron chi connectivity index (χ1n) is 8.41. The highest BCUT2D eigenvalue weighted by atomic mass is 32.2. The van der Waals surface area contributed by atoms with Crippen LogP contribution in [0.25, 0.3) is 0 Å². The van der Waals surface area contributed by atoms with Gasteiger partial charge in [0.05, 0.1) is 15.7 Å². The Morgan fingerprint density at radius 2 is 1.65 bits per heavy atom. The van der Waals surface area contributed by atoms with Gasteiger partial charge in [-0.3, -0.25) is 0 Å². The molecule has 1 aliphatic rings. The van der Waals surface area contributed by atoms with Crippen LogP contribution in [0.15, 0.2) is 0 Å². The number of carbonyl (C=O) groups excluding carboxylic acids is 1. The Morgan fingerprint density at radius 3 is 2.04 bits per heavy atom. The zero-order valence-electron chi connectivity index (χ0n) is 16.0. The zero-order valence-corrected chi connectivity index (χ0v) is 16.8. The highest BCUT2D eigenvalue weighted by molar-refractivity contribution is 7.84. The van der Waals surface area contributed by atoms with E-state index in [1.54, 1.807) is 4.90 Å². The van der Waals surface area contributed by atoms with Crippen LogP contribution in [-0.2, 0) is 15.7 Å². The molecule has 2 atom stereocenters. The monoisotopic (exact) mass is 346 g/mol. The third-order valence-corrected chi connectivity index (χ3v) is 6.12. The molecule has 0 spiro atoms. The minimum absolute atomic E-state index is 0.0272. The molecule has 5 nitrogen and oxygen atoms in total. The molecule has 0 unspecified atom stereocenters. The second-order valence-electron chi connectivity index (χ2n) is 8.84. The average molecular weight is 347 g/mol. The summed E-state index contributed by atoms with van der Waals surface area (Å²) in [4.78, 5) is 13.9. The molecule has 0 bridgehead atoms. The number of nitrogens with one attached hydrogen (secondary N) is 1. The fraction of sp³-hybridized carbons (Fsp3) is 0.941. The molecule has 1 heterocycles. The van der Waals surface area contributed by atoms with Crippen molar-refractivity contribution in [1.29, 1.82) is 0 Å². The number of hydrogen-bond donors (Lipinski definition) is 1. The largest absolute Gasteiger partial charge is 0.444 e. The van der Waals surface area contributed by atoms with Gasteiger partial charge in [0.1, 0.15) is 5.60 Å². The van der Waals surface area contributed by atoms with E-state index in [2.05, 4.69) is 18.6 Å². The number of hydrogen-bond acceptors (Lipinski definition) is 3. The Bertz CT molecular complexity index is 444. The molecular weight excluding hydrogens is 312 g/mol. The smallest absolute Gasteiger partial charge is 0.410 e. The number of ether oxygens (including phenoxy) is 1. The molecule has 0 aromatic carbocycles. The number of nitrogens with zero attached hydrogens (tertiary/aromatic N) is 1. The number of amides is 1. The summed E-state index contributed by atoms with van der Waals surface area (Å²) in [6.45, 7) is 17.2. The first-order chi connectivity index (χ1) is 10.2. The molecule has 136 valence electrons. The van der Waals surface area contributed by atoms with Gasteiger partial charge in [0.2, 0.25) is 0 Å². The fourth-order valence-electron chi connectivity index (χ4n) is 2.44. The van der Waals surface area contributed by atoms with Crippen LogP contribution < -0.4 is 4.72 Å². The molecule has 0 aromatic rings. The van der Waals surface area contributed by atoms with Crippen LogP contribution in [0.2, 0.25) is 0 Å². The topological polar surface area (TPSA) is 58.6 Å². The summed E-state index contributed by atoms with van der Waals surface area (Å²) in [6, 6.07) is 0.128. The van der Waals surface area contributed by atoms with Crippen LogP contribution in [0.5, 0.6) is 0 Å². The minimum Gasteiger partial charge on any atom is -0.444 e. The quantitative estimate of drug-likeness (QED) is 0.851. The summed E-state index contributed by atoms with van der Waals surface area (Å²) in [6.07, 6.45) is 1.52. The molecule has 1 fully saturated rings. The van der Waals surface area contributed by atoms with Crippen LogP contribution in [0.3, 0.4) is 0 Å². The van der Waals surface area contributed by atoms with E-state index in [0.29, 0.717) is 13.1 Å². The van der Waals surface area contributed by atoms with E-state index in [1.165, 1.54) is 0 Å². The van der Waals surface area contributed by atoms with Crippen molar-refractivity contribution in [1.82, 2.24) is 9.62 Å². The van der Waals surface area contributed by atoms with Crippen molar-refractivity contribution in [3.63, 3.8) is 0 Å². The van der Waals surface area contributed by atoms with Crippen LogP contribution in [0.1, 0.15) is 68.2 Å². The van der Waals surface area contributed by atoms with Crippen LogP contribution in [0.4, 0.5) is 4.79 Å². The van der Waals surface area contributed by atoms with Crippen molar-refractivity contribution in [2.45, 2.75) is 84.6 Å². The molecule has 0 radical (unpaired) electrons. The maximum Gasteiger partial charge on any atom is 0.410 e. The summed E-state index contributed by atoms with van der Waals surface area (Å²) in [5.74, 6) is 0. The number of likely N-dealkylation sites (tertiary alicyclic amines) is 1. The van der Waals surface area contributed by atoms with Gasteiger partial charge in [-0.25, -0.2) is 13.7 Å². The molecule has 1 amide bonds. The summed E-state index contributed by atoms with van der Waals surface area (Å²) in [5.41, 5.74) is -0.435. The molecule has 1 N–H and O–H groups in total. The van der Waals surface area contributed by atoms with Gasteiger partial charge in [0, 0.05) is 19.1 Å². The van der Waals surface area contributed by atoms with Gasteiger partial charge < -0.3 is 9.64 Å². The summed E-state index contributed by atoms with van der Waals surface area (Å²) in [5, 5.41) is 0. The highest BCUT2D eigenvalue weighted by Gasteiger charge is 2.38. The second-order valence-corrected chi connectivity index (χ2v) is 10.8. The van der Waals surface area contributed by atoms with E-state index >= 15 is 0 Å². The molecule has 6 heteroatoms. The minimum atomic E-state index is -1.08. The maximum absolute atomic E-state index is 12.3. The Kier molecular flexibility index (Phi) is 6.30. The third-order valence-electron chi connectivity index (χ3n) is 4.44. The molecule has 0 aromatic heterocycles. The molecular formula is C17H34N2O3S. The van der Waals surface area contributed by atoms with Crippen LogP contribution >= 0.6 is 0 Å². The number of rotatable bonds is 3. The van der Waals surface area contributed by atoms with Gasteiger partial charge in [-0.1, -0.05) is 6.92 Å². The normalized spacial score (nSPS) is 21.7. The second kappa shape index (κ2) is 7.09. The Labute approximate surface area is 144 Å². The predicted octanol–water partition coefficient (Wildman–Crippen LogP) is 3.46. The van der Waals surface area contributed by atoms with Gasteiger partial charge in [0.25, 0.3) is 0 Å². The van der Waals surface area contributed by atoms with Crippen molar-refractivity contribution in [3.8, 4) is 0 Å². The first kappa shape index (κ1) is 20.4. The third kappa shape index (κ3) is 6.07. The zero-order chi connectivity index (χ0) is 18.1. The highest BCUT2D eigenvalue weighted by Crippen LogP contribution is 2.35.